The van der Waals surface area contributed by atoms with Gasteiger partial charge in [-0.1, -0.05) is 0 Å². The van der Waals surface area contributed by atoms with Crippen LogP contribution in [0, 0.1) is 10.1 Å². The van der Waals surface area contributed by atoms with Gasteiger partial charge in [0.05, 0.1) is 16.1 Å². The zero-order valence-electron chi connectivity index (χ0n) is 12.1. The number of non-ortho nitro benzene ring substituents is 1. The Labute approximate surface area is 131 Å². The van der Waals surface area contributed by atoms with E-state index in [1.165, 1.54) is 17.4 Å². The van der Waals surface area contributed by atoms with Gasteiger partial charge in [0.2, 0.25) is 5.91 Å². The van der Waals surface area contributed by atoms with E-state index in [-0.39, 0.29) is 17.6 Å². The van der Waals surface area contributed by atoms with Crippen LogP contribution in [-0.2, 0) is 17.6 Å². The molecule has 1 aliphatic rings. The van der Waals surface area contributed by atoms with Crippen LogP contribution in [0.1, 0.15) is 24.6 Å². The third kappa shape index (κ3) is 2.71. The minimum Gasteiger partial charge on any atom is -0.309 e. The Bertz CT molecular complexity index is 715. The third-order valence-electron chi connectivity index (χ3n) is 3.84. The van der Waals surface area contributed by atoms with Crippen LogP contribution in [0.25, 0.3) is 0 Å². The summed E-state index contributed by atoms with van der Waals surface area (Å²) in [6.45, 7) is 1.96. The molecule has 0 fully saturated rings. The smallest absolute Gasteiger partial charge is 0.269 e. The van der Waals surface area contributed by atoms with Crippen LogP contribution in [0.2, 0.25) is 0 Å². The van der Waals surface area contributed by atoms with E-state index in [1.54, 1.807) is 22.5 Å². The van der Waals surface area contributed by atoms with E-state index in [9.17, 15) is 14.9 Å². The first-order chi connectivity index (χ1) is 10.6. The van der Waals surface area contributed by atoms with Gasteiger partial charge in [0.1, 0.15) is 0 Å². The first-order valence-corrected chi connectivity index (χ1v) is 7.97. The molecular weight excluding hydrogens is 302 g/mol. The number of aromatic nitrogens is 1. The minimum atomic E-state index is -0.405. The molecule has 1 aromatic heterocycles. The molecule has 6 nitrogen and oxygen atoms in total. The summed E-state index contributed by atoms with van der Waals surface area (Å²) in [6.07, 6.45) is 1.66. The Hall–Kier alpha value is -2.28. The molecule has 0 bridgehead atoms. The first kappa shape index (κ1) is 14.6. The van der Waals surface area contributed by atoms with Gasteiger partial charge in [-0.2, -0.15) is 0 Å². The number of nitrogens with zero attached hydrogens (tertiary/aromatic N) is 3. The van der Waals surface area contributed by atoms with E-state index in [0.29, 0.717) is 19.3 Å². The van der Waals surface area contributed by atoms with Crippen molar-refractivity contribution < 1.29 is 9.72 Å². The van der Waals surface area contributed by atoms with Crippen LogP contribution in [-0.4, -0.2) is 21.9 Å². The van der Waals surface area contributed by atoms with Crippen LogP contribution in [0.3, 0.4) is 0 Å². The molecule has 1 atom stereocenters. The monoisotopic (exact) mass is 317 g/mol. The molecule has 2 aromatic rings. The number of rotatable bonds is 4. The van der Waals surface area contributed by atoms with Crippen molar-refractivity contribution in [2.45, 2.75) is 32.2 Å². The lowest BCUT2D eigenvalue weighted by molar-refractivity contribution is -0.384. The van der Waals surface area contributed by atoms with Crippen LogP contribution in [0.4, 0.5) is 11.4 Å². The number of nitro groups is 1. The first-order valence-electron chi connectivity index (χ1n) is 7.02. The van der Waals surface area contributed by atoms with Gasteiger partial charge in [-0.25, -0.2) is 4.98 Å². The van der Waals surface area contributed by atoms with E-state index in [4.69, 9.17) is 0 Å². The Morgan fingerprint density at radius 3 is 3.05 bits per heavy atom. The summed E-state index contributed by atoms with van der Waals surface area (Å²) in [7, 11) is 0. The fourth-order valence-corrected chi connectivity index (χ4v) is 3.42. The Balaban J connectivity index is 1.77. The second-order valence-electron chi connectivity index (χ2n) is 5.37. The van der Waals surface area contributed by atoms with Crippen LogP contribution >= 0.6 is 11.3 Å². The molecule has 0 saturated carbocycles. The number of thiazole rings is 1. The van der Waals surface area contributed by atoms with Gasteiger partial charge in [-0.05, 0) is 31.4 Å². The van der Waals surface area contributed by atoms with E-state index >= 15 is 0 Å². The van der Waals surface area contributed by atoms with Crippen LogP contribution < -0.4 is 4.90 Å². The summed E-state index contributed by atoms with van der Waals surface area (Å²) in [5, 5.41) is 12.8. The number of hydrogen-bond acceptors (Lipinski definition) is 5. The number of benzene rings is 1. The van der Waals surface area contributed by atoms with Crippen molar-refractivity contribution in [2.24, 2.45) is 0 Å². The third-order valence-corrected chi connectivity index (χ3v) is 4.47. The predicted molar refractivity (Wildman–Crippen MR) is 84.2 cm³/mol. The molecule has 3 rings (SSSR count). The summed E-state index contributed by atoms with van der Waals surface area (Å²) in [5.41, 5.74) is 4.41. The second kappa shape index (κ2) is 5.84. The van der Waals surface area contributed by atoms with Crippen molar-refractivity contribution in [1.29, 1.82) is 0 Å². The van der Waals surface area contributed by atoms with Crippen LogP contribution in [0.5, 0.6) is 0 Å². The summed E-state index contributed by atoms with van der Waals surface area (Å²) in [4.78, 5) is 28.9. The molecule has 0 aliphatic carbocycles. The molecule has 22 heavy (non-hydrogen) atoms. The maximum absolute atomic E-state index is 12.5. The van der Waals surface area contributed by atoms with Crippen molar-refractivity contribution in [2.75, 3.05) is 4.90 Å². The fraction of sp³-hybridized carbons (Fsp3) is 0.333. The molecule has 1 aromatic carbocycles. The van der Waals surface area contributed by atoms with Crippen LogP contribution in [0.15, 0.2) is 29.1 Å². The van der Waals surface area contributed by atoms with Gasteiger partial charge in [-0.15, -0.1) is 11.3 Å². The predicted octanol–water partition coefficient (Wildman–Crippen LogP) is 2.96. The van der Waals surface area contributed by atoms with Gasteiger partial charge in [0.25, 0.3) is 5.69 Å². The fourth-order valence-electron chi connectivity index (χ4n) is 2.83. The lowest BCUT2D eigenvalue weighted by atomic mass is 10.1. The molecule has 0 N–H and O–H groups in total. The molecule has 1 amide bonds. The molecule has 7 heteroatoms. The summed E-state index contributed by atoms with van der Waals surface area (Å²) in [6, 6.07) is 4.73. The maximum Gasteiger partial charge on any atom is 0.269 e. The molecule has 0 unspecified atom stereocenters. The number of hydrogen-bond donors (Lipinski definition) is 0. The Morgan fingerprint density at radius 1 is 1.55 bits per heavy atom. The summed E-state index contributed by atoms with van der Waals surface area (Å²) >= 11 is 1.52. The standard InChI is InChI=1S/C15H15N3O3S/c1-10-6-11-7-13(18(20)21)3-4-14(11)17(10)15(19)5-2-12-8-22-9-16-12/h3-4,7-10H,2,5-6H2,1H3/t10-/m1/s1. The topological polar surface area (TPSA) is 76.3 Å². The van der Waals surface area contributed by atoms with Gasteiger partial charge in [0.15, 0.2) is 0 Å². The van der Waals surface area contributed by atoms with Crippen molar-refractivity contribution in [3.8, 4) is 0 Å². The molecular formula is C15H15N3O3S. The highest BCUT2D eigenvalue weighted by Crippen LogP contribution is 2.35. The zero-order chi connectivity index (χ0) is 15.7. The SMILES string of the molecule is C[C@@H]1Cc2cc([N+](=O)[O-])ccc2N1C(=O)CCc1cscn1. The quantitative estimate of drug-likeness (QED) is 0.641. The summed E-state index contributed by atoms with van der Waals surface area (Å²) < 4.78 is 0. The van der Waals surface area contributed by atoms with Gasteiger partial charge < -0.3 is 4.90 Å². The lowest BCUT2D eigenvalue weighted by Gasteiger charge is -2.22. The number of anilines is 1. The number of nitro benzene ring substituents is 1. The normalized spacial score (nSPS) is 16.6. The van der Waals surface area contributed by atoms with Crippen molar-refractivity contribution >= 4 is 28.6 Å². The van der Waals surface area contributed by atoms with Gasteiger partial charge >= 0.3 is 0 Å². The average Bonchev–Trinajstić information content (AvgIpc) is 3.10. The van der Waals surface area contributed by atoms with Gasteiger partial charge in [0, 0.05) is 35.7 Å². The highest BCUT2D eigenvalue weighted by Gasteiger charge is 2.31. The Morgan fingerprint density at radius 2 is 2.36 bits per heavy atom. The van der Waals surface area contributed by atoms with Crippen molar-refractivity contribution in [1.82, 2.24) is 4.98 Å². The van der Waals surface area contributed by atoms with E-state index in [0.717, 1.165) is 16.9 Å². The van der Waals surface area contributed by atoms with Gasteiger partial charge in [-0.3, -0.25) is 14.9 Å². The maximum atomic E-state index is 12.5. The molecule has 0 radical (unpaired) electrons. The van der Waals surface area contributed by atoms with E-state index in [1.807, 2.05) is 12.3 Å². The highest BCUT2D eigenvalue weighted by atomic mass is 32.1. The number of carbonyl (C=O) groups excluding carboxylic acids is 1. The van der Waals surface area contributed by atoms with E-state index < -0.39 is 4.92 Å². The zero-order valence-corrected chi connectivity index (χ0v) is 12.9. The molecule has 0 saturated heterocycles. The molecule has 1 aliphatic heterocycles. The Kier molecular flexibility index (Phi) is 3.89. The average molecular weight is 317 g/mol. The second-order valence-corrected chi connectivity index (χ2v) is 6.09. The molecule has 114 valence electrons. The number of aryl methyl sites for hydroxylation is 1. The molecule has 2 heterocycles. The van der Waals surface area contributed by atoms with Crippen molar-refractivity contribution in [3.05, 3.63) is 50.5 Å². The molecule has 0 spiro atoms. The lowest BCUT2D eigenvalue weighted by Crippen LogP contribution is -2.35. The highest BCUT2D eigenvalue weighted by molar-refractivity contribution is 7.07. The largest absolute Gasteiger partial charge is 0.309 e. The number of fused-ring (bicyclic) bond motifs is 1. The number of amides is 1. The number of carbonyl (C=O) groups is 1. The van der Waals surface area contributed by atoms with Crippen molar-refractivity contribution in [3.63, 3.8) is 0 Å². The summed E-state index contributed by atoms with van der Waals surface area (Å²) in [5.74, 6) is 0.0353. The minimum absolute atomic E-state index is 0.0277. The van der Waals surface area contributed by atoms with E-state index in [2.05, 4.69) is 4.98 Å².